The number of carbonyl (C=O) groups excluding carboxylic acids is 2. The molecule has 0 aromatic heterocycles. The first-order valence-corrected chi connectivity index (χ1v) is 10.4. The van der Waals surface area contributed by atoms with Gasteiger partial charge in [-0.15, -0.1) is 0 Å². The van der Waals surface area contributed by atoms with Crippen molar-refractivity contribution in [1.29, 1.82) is 5.26 Å². The van der Waals surface area contributed by atoms with Gasteiger partial charge >= 0.3 is 0 Å². The molecule has 4 rings (SSSR count). The maximum atomic E-state index is 12.6. The fourth-order valence-corrected chi connectivity index (χ4v) is 4.22. The Morgan fingerprint density at radius 3 is 1.93 bits per heavy atom. The van der Waals surface area contributed by atoms with Crippen molar-refractivity contribution in [3.63, 3.8) is 0 Å². The van der Waals surface area contributed by atoms with E-state index < -0.39 is 10.0 Å². The van der Waals surface area contributed by atoms with Crippen LogP contribution in [0.2, 0.25) is 0 Å². The molecule has 1 N–H and O–H groups in total. The molecule has 8 heteroatoms. The van der Waals surface area contributed by atoms with E-state index in [1.807, 2.05) is 6.07 Å². The molecule has 0 bridgehead atoms. The number of nitrogens with zero attached hydrogens (tertiary/aromatic N) is 2. The average Bonchev–Trinajstić information content (AvgIpc) is 2.99. The zero-order valence-electron chi connectivity index (χ0n) is 15.6. The van der Waals surface area contributed by atoms with Gasteiger partial charge in [-0.2, -0.15) is 5.26 Å². The zero-order valence-corrected chi connectivity index (χ0v) is 16.4. The Morgan fingerprint density at radius 2 is 1.40 bits per heavy atom. The number of benzene rings is 3. The Bertz CT molecular complexity index is 1260. The molecule has 148 valence electrons. The first-order chi connectivity index (χ1) is 14.4. The fourth-order valence-electron chi connectivity index (χ4n) is 3.17. The van der Waals surface area contributed by atoms with E-state index >= 15 is 0 Å². The molecule has 0 aliphatic carbocycles. The normalized spacial score (nSPS) is 13.1. The second-order valence-electron chi connectivity index (χ2n) is 6.68. The molecule has 0 atom stereocenters. The van der Waals surface area contributed by atoms with Gasteiger partial charge in [-0.05, 0) is 54.1 Å². The molecule has 3 aromatic rings. The highest BCUT2D eigenvalue weighted by Crippen LogP contribution is 2.25. The number of rotatable bonds is 5. The summed E-state index contributed by atoms with van der Waals surface area (Å²) in [7, 11) is -3.82. The van der Waals surface area contributed by atoms with Crippen molar-refractivity contribution in [1.82, 2.24) is 4.90 Å². The molecule has 0 fully saturated rings. The molecular weight excluding hydrogens is 402 g/mol. The summed E-state index contributed by atoms with van der Waals surface area (Å²) in [6.07, 6.45) is 0. The van der Waals surface area contributed by atoms with Gasteiger partial charge in [0, 0.05) is 5.69 Å². The monoisotopic (exact) mass is 417 g/mol. The first-order valence-electron chi connectivity index (χ1n) is 8.96. The molecule has 2 amide bonds. The number of anilines is 1. The highest BCUT2D eigenvalue weighted by Gasteiger charge is 2.34. The van der Waals surface area contributed by atoms with E-state index in [0.717, 1.165) is 4.90 Å². The summed E-state index contributed by atoms with van der Waals surface area (Å²) in [5, 5.41) is 8.82. The van der Waals surface area contributed by atoms with Crippen molar-refractivity contribution >= 4 is 27.5 Å². The third-order valence-corrected chi connectivity index (χ3v) is 6.12. The second kappa shape index (κ2) is 7.46. The summed E-state index contributed by atoms with van der Waals surface area (Å²) in [6.45, 7) is 0.0513. The summed E-state index contributed by atoms with van der Waals surface area (Å²) in [5.74, 6) is -0.732. The van der Waals surface area contributed by atoms with Crippen LogP contribution in [-0.4, -0.2) is 25.1 Å². The van der Waals surface area contributed by atoms with Crippen molar-refractivity contribution in [3.8, 4) is 6.07 Å². The quantitative estimate of drug-likeness (QED) is 0.642. The lowest BCUT2D eigenvalue weighted by molar-refractivity contribution is 0.0642. The Morgan fingerprint density at radius 1 is 0.833 bits per heavy atom. The van der Waals surface area contributed by atoms with E-state index in [4.69, 9.17) is 5.26 Å². The van der Waals surface area contributed by atoms with Crippen LogP contribution in [0.5, 0.6) is 0 Å². The van der Waals surface area contributed by atoms with Gasteiger partial charge in [-0.1, -0.05) is 24.3 Å². The van der Waals surface area contributed by atoms with Crippen molar-refractivity contribution in [3.05, 3.63) is 95.1 Å². The molecule has 0 saturated heterocycles. The third kappa shape index (κ3) is 3.54. The summed E-state index contributed by atoms with van der Waals surface area (Å²) < 4.78 is 27.6. The Labute approximate surface area is 173 Å². The van der Waals surface area contributed by atoms with E-state index in [1.54, 1.807) is 36.4 Å². The molecule has 1 aliphatic heterocycles. The molecule has 7 nitrogen and oxygen atoms in total. The maximum Gasteiger partial charge on any atom is 0.261 e. The predicted octanol–water partition coefficient (Wildman–Crippen LogP) is 3.16. The summed E-state index contributed by atoms with van der Waals surface area (Å²) in [5.41, 5.74) is 2.13. The lowest BCUT2D eigenvalue weighted by atomic mass is 10.1. The second-order valence-corrected chi connectivity index (χ2v) is 8.36. The highest BCUT2D eigenvalue weighted by atomic mass is 32.2. The van der Waals surface area contributed by atoms with Gasteiger partial charge in [-0.3, -0.25) is 19.2 Å². The van der Waals surface area contributed by atoms with Gasteiger partial charge in [0.05, 0.1) is 34.2 Å². The standard InChI is InChI=1S/C22H15N3O4S/c23-13-15-5-9-17(10-6-15)24-30(28,29)18-11-7-16(8-12-18)14-25-21(26)19-3-1-2-4-20(19)22(25)27/h1-12,24H,14H2. The van der Waals surface area contributed by atoms with E-state index in [0.29, 0.717) is 27.9 Å². The summed E-state index contributed by atoms with van der Waals surface area (Å²) in [6, 6.07) is 20.6. The number of imide groups is 1. The molecule has 0 saturated carbocycles. The van der Waals surface area contributed by atoms with Gasteiger partial charge < -0.3 is 0 Å². The molecule has 0 radical (unpaired) electrons. The number of amides is 2. The number of nitrogens with one attached hydrogen (secondary N) is 1. The maximum absolute atomic E-state index is 12.6. The molecule has 1 heterocycles. The molecule has 0 unspecified atom stereocenters. The van der Waals surface area contributed by atoms with Crippen LogP contribution in [0.25, 0.3) is 0 Å². The van der Waals surface area contributed by atoms with Gasteiger partial charge in [0.2, 0.25) is 0 Å². The van der Waals surface area contributed by atoms with E-state index in [1.165, 1.54) is 36.4 Å². The highest BCUT2D eigenvalue weighted by molar-refractivity contribution is 7.92. The minimum Gasteiger partial charge on any atom is -0.280 e. The van der Waals surface area contributed by atoms with Gasteiger partial charge in [0.25, 0.3) is 21.8 Å². The predicted molar refractivity (Wildman–Crippen MR) is 109 cm³/mol. The fraction of sp³-hybridized carbons (Fsp3) is 0.0455. The average molecular weight is 417 g/mol. The van der Waals surface area contributed by atoms with Gasteiger partial charge in [0.1, 0.15) is 0 Å². The minimum absolute atomic E-state index is 0.0398. The SMILES string of the molecule is N#Cc1ccc(NS(=O)(=O)c2ccc(CN3C(=O)c4ccccc4C3=O)cc2)cc1. The lowest BCUT2D eigenvalue weighted by Gasteiger charge is -2.14. The van der Waals surface area contributed by atoms with Crippen LogP contribution >= 0.6 is 0 Å². The van der Waals surface area contributed by atoms with Crippen molar-refractivity contribution in [2.75, 3.05) is 4.72 Å². The van der Waals surface area contributed by atoms with Crippen molar-refractivity contribution < 1.29 is 18.0 Å². The van der Waals surface area contributed by atoms with Crippen LogP contribution in [0.15, 0.2) is 77.7 Å². The van der Waals surface area contributed by atoms with E-state index in [-0.39, 0.29) is 23.3 Å². The van der Waals surface area contributed by atoms with Crippen LogP contribution in [0, 0.1) is 11.3 Å². The van der Waals surface area contributed by atoms with Crippen LogP contribution in [0.4, 0.5) is 5.69 Å². The molecular formula is C22H15N3O4S. The number of fused-ring (bicyclic) bond motifs is 1. The van der Waals surface area contributed by atoms with Crippen LogP contribution < -0.4 is 4.72 Å². The summed E-state index contributed by atoms with van der Waals surface area (Å²) in [4.78, 5) is 26.1. The van der Waals surface area contributed by atoms with Gasteiger partial charge in [-0.25, -0.2) is 8.42 Å². The zero-order chi connectivity index (χ0) is 21.3. The molecule has 3 aromatic carbocycles. The Balaban J connectivity index is 1.49. The summed E-state index contributed by atoms with van der Waals surface area (Å²) >= 11 is 0. The van der Waals surface area contributed by atoms with Crippen LogP contribution in [0.3, 0.4) is 0 Å². The first kappa shape index (κ1) is 19.4. The number of hydrogen-bond donors (Lipinski definition) is 1. The van der Waals surface area contributed by atoms with Crippen LogP contribution in [0.1, 0.15) is 31.8 Å². The Hall–Kier alpha value is -3.96. The van der Waals surface area contributed by atoms with Crippen molar-refractivity contribution in [2.24, 2.45) is 0 Å². The third-order valence-electron chi connectivity index (χ3n) is 4.72. The van der Waals surface area contributed by atoms with E-state index in [2.05, 4.69) is 4.72 Å². The Kier molecular flexibility index (Phi) is 4.82. The van der Waals surface area contributed by atoms with Gasteiger partial charge in [0.15, 0.2) is 0 Å². The number of carbonyl (C=O) groups is 2. The molecule has 30 heavy (non-hydrogen) atoms. The number of nitriles is 1. The number of hydrogen-bond acceptors (Lipinski definition) is 5. The van der Waals surface area contributed by atoms with Crippen molar-refractivity contribution in [2.45, 2.75) is 11.4 Å². The molecule has 1 aliphatic rings. The molecule has 0 spiro atoms. The number of sulfonamides is 1. The topological polar surface area (TPSA) is 107 Å². The van der Waals surface area contributed by atoms with E-state index in [9.17, 15) is 18.0 Å². The lowest BCUT2D eigenvalue weighted by Crippen LogP contribution is -2.29. The minimum atomic E-state index is -3.82. The smallest absolute Gasteiger partial charge is 0.261 e. The largest absolute Gasteiger partial charge is 0.280 e. The van der Waals surface area contributed by atoms with Crippen LogP contribution in [-0.2, 0) is 16.6 Å².